The lowest BCUT2D eigenvalue weighted by Gasteiger charge is -2.09. The third-order valence-electron chi connectivity index (χ3n) is 3.41. The van der Waals surface area contributed by atoms with Crippen molar-refractivity contribution >= 4 is 29.1 Å². The molecular formula is C17H18ClN7O. The van der Waals surface area contributed by atoms with Crippen LogP contribution >= 0.6 is 11.6 Å². The Kier molecular flexibility index (Phi) is 5.65. The van der Waals surface area contributed by atoms with Gasteiger partial charge in [0.15, 0.2) is 5.82 Å². The number of aromatic nitrogens is 4. The van der Waals surface area contributed by atoms with Gasteiger partial charge in [0.1, 0.15) is 12.1 Å². The number of benzene rings is 1. The van der Waals surface area contributed by atoms with E-state index in [1.807, 2.05) is 19.2 Å². The summed E-state index contributed by atoms with van der Waals surface area (Å²) in [6.45, 7) is 2.85. The van der Waals surface area contributed by atoms with Crippen LogP contribution in [0.25, 0.3) is 5.82 Å². The van der Waals surface area contributed by atoms with E-state index in [1.54, 1.807) is 35.0 Å². The van der Waals surface area contributed by atoms with Crippen molar-refractivity contribution in [3.63, 3.8) is 0 Å². The van der Waals surface area contributed by atoms with Gasteiger partial charge in [-0.3, -0.25) is 0 Å². The van der Waals surface area contributed by atoms with Crippen molar-refractivity contribution in [1.82, 2.24) is 25.1 Å². The highest BCUT2D eigenvalue weighted by atomic mass is 35.5. The van der Waals surface area contributed by atoms with Gasteiger partial charge in [-0.15, -0.1) is 0 Å². The minimum absolute atomic E-state index is 0.301. The number of anilines is 2. The van der Waals surface area contributed by atoms with Gasteiger partial charge in [0.05, 0.1) is 5.69 Å². The van der Waals surface area contributed by atoms with E-state index in [0.717, 1.165) is 5.69 Å². The molecule has 0 unspecified atom stereocenters. The van der Waals surface area contributed by atoms with Gasteiger partial charge in [-0.1, -0.05) is 17.7 Å². The summed E-state index contributed by atoms with van der Waals surface area (Å²) in [4.78, 5) is 20.2. The summed E-state index contributed by atoms with van der Waals surface area (Å²) in [7, 11) is 0. The molecule has 8 nitrogen and oxygen atoms in total. The molecule has 0 saturated carbocycles. The Morgan fingerprint density at radius 2 is 2.08 bits per heavy atom. The fourth-order valence-corrected chi connectivity index (χ4v) is 2.41. The zero-order valence-electron chi connectivity index (χ0n) is 14.1. The van der Waals surface area contributed by atoms with Crippen molar-refractivity contribution < 1.29 is 4.79 Å². The van der Waals surface area contributed by atoms with Crippen molar-refractivity contribution in [1.29, 1.82) is 0 Å². The average molecular weight is 372 g/mol. The fraction of sp³-hybridized carbons (Fsp3) is 0.176. The van der Waals surface area contributed by atoms with E-state index in [2.05, 4.69) is 31.0 Å². The Hall–Kier alpha value is -3.13. The highest BCUT2D eigenvalue weighted by molar-refractivity contribution is 6.30. The van der Waals surface area contributed by atoms with Crippen LogP contribution in [0, 0.1) is 6.92 Å². The largest absolute Gasteiger partial charge is 0.368 e. The van der Waals surface area contributed by atoms with E-state index >= 15 is 0 Å². The number of halogens is 1. The van der Waals surface area contributed by atoms with Gasteiger partial charge in [0.2, 0.25) is 0 Å². The van der Waals surface area contributed by atoms with Crippen LogP contribution in [-0.4, -0.2) is 38.9 Å². The summed E-state index contributed by atoms with van der Waals surface area (Å²) < 4.78 is 1.68. The summed E-state index contributed by atoms with van der Waals surface area (Å²) in [5, 5.41) is 13.5. The monoisotopic (exact) mass is 371 g/mol. The number of aryl methyl sites for hydroxylation is 1. The number of carbonyl (C=O) groups is 1. The molecule has 0 radical (unpaired) electrons. The van der Waals surface area contributed by atoms with Crippen LogP contribution in [0.5, 0.6) is 0 Å². The maximum atomic E-state index is 11.8. The summed E-state index contributed by atoms with van der Waals surface area (Å²) >= 11 is 5.88. The van der Waals surface area contributed by atoms with Gasteiger partial charge in [-0.2, -0.15) is 5.10 Å². The Morgan fingerprint density at radius 1 is 1.19 bits per heavy atom. The molecule has 134 valence electrons. The van der Waals surface area contributed by atoms with Crippen LogP contribution < -0.4 is 16.0 Å². The minimum Gasteiger partial charge on any atom is -0.368 e. The molecular weight excluding hydrogens is 354 g/mol. The lowest BCUT2D eigenvalue weighted by Crippen LogP contribution is -2.32. The maximum absolute atomic E-state index is 11.8. The Labute approximate surface area is 155 Å². The Balaban J connectivity index is 1.45. The van der Waals surface area contributed by atoms with Gasteiger partial charge in [-0.05, 0) is 31.2 Å². The van der Waals surface area contributed by atoms with E-state index in [1.165, 1.54) is 6.33 Å². The van der Waals surface area contributed by atoms with E-state index in [-0.39, 0.29) is 6.03 Å². The van der Waals surface area contributed by atoms with E-state index in [9.17, 15) is 4.79 Å². The van der Waals surface area contributed by atoms with E-state index in [4.69, 9.17) is 11.6 Å². The lowest BCUT2D eigenvalue weighted by atomic mass is 10.3. The van der Waals surface area contributed by atoms with Crippen LogP contribution in [-0.2, 0) is 0 Å². The van der Waals surface area contributed by atoms with Crippen molar-refractivity contribution in [3.8, 4) is 5.82 Å². The van der Waals surface area contributed by atoms with E-state index < -0.39 is 0 Å². The molecule has 0 spiro atoms. The zero-order chi connectivity index (χ0) is 18.4. The highest BCUT2D eigenvalue weighted by Crippen LogP contribution is 2.14. The third-order valence-corrected chi connectivity index (χ3v) is 3.64. The first-order valence-electron chi connectivity index (χ1n) is 7.99. The predicted octanol–water partition coefficient (Wildman–Crippen LogP) is 2.86. The first kappa shape index (κ1) is 17.7. The van der Waals surface area contributed by atoms with Gasteiger partial charge in [0.25, 0.3) is 0 Å². The molecule has 0 aliphatic rings. The molecule has 2 aromatic heterocycles. The van der Waals surface area contributed by atoms with Crippen molar-refractivity contribution in [2.45, 2.75) is 6.92 Å². The van der Waals surface area contributed by atoms with Crippen LogP contribution in [0.3, 0.4) is 0 Å². The molecule has 1 aromatic carbocycles. The summed E-state index contributed by atoms with van der Waals surface area (Å²) in [5.41, 5.74) is 1.55. The first-order chi connectivity index (χ1) is 12.6. The quantitative estimate of drug-likeness (QED) is 0.579. The number of urea groups is 1. The van der Waals surface area contributed by atoms with Gasteiger partial charge in [-0.25, -0.2) is 19.4 Å². The van der Waals surface area contributed by atoms with Gasteiger partial charge < -0.3 is 16.0 Å². The second-order valence-corrected chi connectivity index (χ2v) is 5.92. The smallest absolute Gasteiger partial charge is 0.319 e. The molecule has 3 rings (SSSR count). The van der Waals surface area contributed by atoms with Crippen LogP contribution in [0.4, 0.5) is 16.3 Å². The molecule has 0 bridgehead atoms. The maximum Gasteiger partial charge on any atom is 0.319 e. The molecule has 3 aromatic rings. The number of nitrogens with zero attached hydrogens (tertiary/aromatic N) is 4. The molecule has 0 aliphatic heterocycles. The molecule has 0 fully saturated rings. The molecule has 9 heteroatoms. The lowest BCUT2D eigenvalue weighted by molar-refractivity contribution is 0.252. The number of nitrogens with one attached hydrogen (secondary N) is 3. The fourth-order valence-electron chi connectivity index (χ4n) is 2.22. The molecule has 0 aliphatic carbocycles. The normalized spacial score (nSPS) is 10.4. The topological polar surface area (TPSA) is 96.8 Å². The number of rotatable bonds is 6. The molecule has 2 amide bonds. The second kappa shape index (κ2) is 8.30. The summed E-state index contributed by atoms with van der Waals surface area (Å²) in [6.07, 6.45) is 3.30. The Bertz CT molecular complexity index is 896. The van der Waals surface area contributed by atoms with Crippen LogP contribution in [0.2, 0.25) is 5.02 Å². The number of carbonyl (C=O) groups excluding carboxylic acids is 1. The first-order valence-corrected chi connectivity index (χ1v) is 8.37. The van der Waals surface area contributed by atoms with Gasteiger partial charge in [0, 0.05) is 36.1 Å². The van der Waals surface area contributed by atoms with E-state index in [0.29, 0.717) is 35.4 Å². The van der Waals surface area contributed by atoms with Crippen molar-refractivity contribution in [2.75, 3.05) is 23.7 Å². The second-order valence-electron chi connectivity index (χ2n) is 5.48. The minimum atomic E-state index is -0.301. The number of amides is 2. The summed E-state index contributed by atoms with van der Waals surface area (Å²) in [5.74, 6) is 1.32. The third kappa shape index (κ3) is 4.93. The molecule has 0 atom stereocenters. The number of hydrogen-bond donors (Lipinski definition) is 3. The molecule has 26 heavy (non-hydrogen) atoms. The summed E-state index contributed by atoms with van der Waals surface area (Å²) in [6, 6.07) is 10.4. The predicted molar refractivity (Wildman–Crippen MR) is 101 cm³/mol. The van der Waals surface area contributed by atoms with Crippen LogP contribution in [0.1, 0.15) is 5.69 Å². The SMILES string of the molecule is Cc1ccn(-c2cc(NCCNC(=O)Nc3cccc(Cl)c3)ncn2)n1. The molecule has 3 N–H and O–H groups in total. The van der Waals surface area contributed by atoms with Gasteiger partial charge >= 0.3 is 6.03 Å². The standard InChI is InChI=1S/C17H18ClN7O/c1-12-5-8-25(24-12)16-10-15(21-11-22-16)19-6-7-20-17(26)23-14-4-2-3-13(18)9-14/h2-5,8-11H,6-7H2,1H3,(H,19,21,22)(H2,20,23,26). The number of hydrogen-bond acceptors (Lipinski definition) is 5. The Morgan fingerprint density at radius 3 is 2.85 bits per heavy atom. The molecule has 0 saturated heterocycles. The average Bonchev–Trinajstić information content (AvgIpc) is 3.06. The molecule has 2 heterocycles. The van der Waals surface area contributed by atoms with Crippen molar-refractivity contribution in [2.24, 2.45) is 0 Å². The highest BCUT2D eigenvalue weighted by Gasteiger charge is 2.04. The van der Waals surface area contributed by atoms with Crippen LogP contribution in [0.15, 0.2) is 48.9 Å². The zero-order valence-corrected chi connectivity index (χ0v) is 14.9. The van der Waals surface area contributed by atoms with Crippen molar-refractivity contribution in [3.05, 3.63) is 59.6 Å².